The molecule has 0 radical (unpaired) electrons. The first kappa shape index (κ1) is 24.9. The number of hydrogen-bond acceptors (Lipinski definition) is 1. The van der Waals surface area contributed by atoms with Crippen molar-refractivity contribution in [1.82, 2.24) is 4.90 Å². The van der Waals surface area contributed by atoms with Gasteiger partial charge in [0.1, 0.15) is 0 Å². The van der Waals surface area contributed by atoms with E-state index in [1.54, 1.807) is 6.08 Å². The third-order valence-corrected chi connectivity index (χ3v) is 0.964. The van der Waals surface area contributed by atoms with Gasteiger partial charge in [0.25, 0.3) is 0 Å². The Morgan fingerprint density at radius 3 is 1.73 bits per heavy atom. The topological polar surface area (TPSA) is 3.24 Å². The number of allylic oxidation sites excluding steroid dienone is 4. The van der Waals surface area contributed by atoms with E-state index in [0.717, 1.165) is 12.1 Å². The summed E-state index contributed by atoms with van der Waals surface area (Å²) in [4.78, 5) is 2.01. The van der Waals surface area contributed by atoms with Crippen molar-refractivity contribution >= 4 is 0 Å². The minimum atomic E-state index is 0. The van der Waals surface area contributed by atoms with Crippen LogP contribution in [0.2, 0.25) is 0 Å². The van der Waals surface area contributed by atoms with E-state index in [9.17, 15) is 0 Å². The summed E-state index contributed by atoms with van der Waals surface area (Å²) >= 11 is 0. The molecular formula is C13H26KN. The van der Waals surface area contributed by atoms with Gasteiger partial charge in [0.2, 0.25) is 0 Å². The quantitative estimate of drug-likeness (QED) is 0.396. The Labute approximate surface area is 140 Å². The van der Waals surface area contributed by atoms with Gasteiger partial charge in [-0.25, -0.2) is 0 Å². The Balaban J connectivity index is -0.0000000675. The van der Waals surface area contributed by atoms with E-state index in [1.165, 1.54) is 0 Å². The number of hydrogen-bond donors (Lipinski definition) is 0. The number of nitrogens with zero attached hydrogens (tertiary/aromatic N) is 1. The average molecular weight is 235 g/mol. The van der Waals surface area contributed by atoms with E-state index in [4.69, 9.17) is 0 Å². The Morgan fingerprint density at radius 2 is 1.67 bits per heavy atom. The zero-order valence-electron chi connectivity index (χ0n) is 11.5. The van der Waals surface area contributed by atoms with Crippen LogP contribution in [0.4, 0.5) is 0 Å². The van der Waals surface area contributed by atoms with Gasteiger partial charge in [-0.1, -0.05) is 50.8 Å². The Morgan fingerprint density at radius 1 is 1.33 bits per heavy atom. The molecule has 1 nitrogen and oxygen atoms in total. The van der Waals surface area contributed by atoms with Crippen molar-refractivity contribution in [2.24, 2.45) is 0 Å². The maximum atomic E-state index is 3.66. The van der Waals surface area contributed by atoms with Crippen LogP contribution in [0.1, 0.15) is 20.8 Å². The summed E-state index contributed by atoms with van der Waals surface area (Å²) in [5.74, 6) is 0. The smallest absolute Gasteiger partial charge is 0.339 e. The van der Waals surface area contributed by atoms with Gasteiger partial charge in [0.05, 0.1) is 0 Å². The summed E-state index contributed by atoms with van der Waals surface area (Å²) in [5, 5.41) is 0. The summed E-state index contributed by atoms with van der Waals surface area (Å²) in [6, 6.07) is 0. The van der Waals surface area contributed by atoms with Gasteiger partial charge in [-0.05, 0) is 21.0 Å². The molecule has 84 valence electrons. The average Bonchev–Trinajstić information content (AvgIpc) is 2.18. The van der Waals surface area contributed by atoms with Crippen molar-refractivity contribution in [3.05, 3.63) is 43.9 Å². The Kier molecular flexibility index (Phi) is 40.1. The predicted molar refractivity (Wildman–Crippen MR) is 69.4 cm³/mol. The van der Waals surface area contributed by atoms with Crippen molar-refractivity contribution in [3.63, 3.8) is 0 Å². The molecule has 0 fully saturated rings. The summed E-state index contributed by atoms with van der Waals surface area (Å²) in [5.41, 5.74) is 1.06. The molecule has 0 heterocycles. The maximum Gasteiger partial charge on any atom is 1.00 e. The first-order valence-electron chi connectivity index (χ1n) is 4.93. The molecule has 0 unspecified atom stereocenters. The van der Waals surface area contributed by atoms with Crippen LogP contribution in [-0.4, -0.2) is 25.5 Å². The van der Waals surface area contributed by atoms with Gasteiger partial charge in [-0.3, -0.25) is 0 Å². The van der Waals surface area contributed by atoms with Crippen molar-refractivity contribution < 1.29 is 51.4 Å². The summed E-state index contributed by atoms with van der Waals surface area (Å²) < 4.78 is 0. The van der Waals surface area contributed by atoms with Gasteiger partial charge in [-0.2, -0.15) is 0 Å². The maximum absolute atomic E-state index is 3.66. The second-order valence-corrected chi connectivity index (χ2v) is 2.74. The molecule has 0 aromatic heterocycles. The van der Waals surface area contributed by atoms with E-state index >= 15 is 0 Å². The largest absolute Gasteiger partial charge is 1.00 e. The van der Waals surface area contributed by atoms with Crippen molar-refractivity contribution in [2.75, 3.05) is 20.6 Å². The van der Waals surface area contributed by atoms with Crippen LogP contribution in [-0.2, 0) is 0 Å². The molecule has 0 atom stereocenters. The minimum Gasteiger partial charge on any atom is -0.339 e. The molecule has 0 amide bonds. The molecular weight excluding hydrogens is 209 g/mol. The van der Waals surface area contributed by atoms with Gasteiger partial charge in [0, 0.05) is 0 Å². The summed E-state index contributed by atoms with van der Waals surface area (Å²) in [6.45, 7) is 17.6. The second kappa shape index (κ2) is 24.2. The van der Waals surface area contributed by atoms with E-state index in [0.29, 0.717) is 0 Å². The molecule has 15 heavy (non-hydrogen) atoms. The molecule has 0 rings (SSSR count). The van der Waals surface area contributed by atoms with Crippen LogP contribution in [0, 0.1) is 6.92 Å². The standard InChI is InChI=1S/C7H10.C4H10N.C2H6.K/c1-4-5-6-7(2)3;1-4-5(2)3;1-2;/h4-6H,1-2H2,3H3;1,4H2,2-3H3;1-2H3;/q;-1;;+1/b6-5-;;;. The van der Waals surface area contributed by atoms with Crippen molar-refractivity contribution in [1.29, 1.82) is 0 Å². The molecule has 0 N–H and O–H groups in total. The molecule has 0 aliphatic rings. The molecule has 0 aromatic carbocycles. The summed E-state index contributed by atoms with van der Waals surface area (Å²) in [6.07, 6.45) is 5.50. The predicted octanol–water partition coefficient (Wildman–Crippen LogP) is 0.717. The first-order chi connectivity index (χ1) is 6.54. The van der Waals surface area contributed by atoms with E-state index in [1.807, 2.05) is 51.9 Å². The molecule has 0 aromatic rings. The van der Waals surface area contributed by atoms with Crippen LogP contribution >= 0.6 is 0 Å². The third kappa shape index (κ3) is 52.4. The van der Waals surface area contributed by atoms with Gasteiger partial charge in [-0.15, -0.1) is 6.54 Å². The van der Waals surface area contributed by atoms with Gasteiger partial charge < -0.3 is 11.8 Å². The second-order valence-electron chi connectivity index (χ2n) is 2.74. The van der Waals surface area contributed by atoms with E-state index in [-0.39, 0.29) is 51.4 Å². The van der Waals surface area contributed by atoms with Gasteiger partial charge >= 0.3 is 51.4 Å². The van der Waals surface area contributed by atoms with Crippen LogP contribution in [0.3, 0.4) is 0 Å². The van der Waals surface area contributed by atoms with Crippen LogP contribution in [0.5, 0.6) is 0 Å². The van der Waals surface area contributed by atoms with E-state index < -0.39 is 0 Å². The molecule has 0 aliphatic heterocycles. The zero-order valence-corrected chi connectivity index (χ0v) is 14.6. The SMILES string of the molecule is C=C/C=C\C(=C)C.CC.[CH2-]CN(C)C.[K+]. The minimum absolute atomic E-state index is 0. The molecule has 0 bridgehead atoms. The van der Waals surface area contributed by atoms with Crippen LogP contribution in [0.15, 0.2) is 37.0 Å². The van der Waals surface area contributed by atoms with E-state index in [2.05, 4.69) is 20.1 Å². The Hall–Kier alpha value is 0.816. The van der Waals surface area contributed by atoms with Crippen LogP contribution in [0.25, 0.3) is 0 Å². The number of rotatable bonds is 3. The van der Waals surface area contributed by atoms with Gasteiger partial charge in [0.15, 0.2) is 0 Å². The molecule has 0 saturated heterocycles. The molecule has 0 spiro atoms. The zero-order chi connectivity index (χ0) is 12.0. The Bertz CT molecular complexity index is 149. The molecule has 0 aliphatic carbocycles. The fourth-order valence-corrected chi connectivity index (χ4v) is 0.232. The normalized spacial score (nSPS) is 7.93. The van der Waals surface area contributed by atoms with Crippen molar-refractivity contribution in [2.45, 2.75) is 20.8 Å². The monoisotopic (exact) mass is 235 g/mol. The van der Waals surface area contributed by atoms with Crippen LogP contribution < -0.4 is 51.4 Å². The first-order valence-corrected chi connectivity index (χ1v) is 4.93. The fraction of sp³-hybridized carbons (Fsp3) is 0.462. The van der Waals surface area contributed by atoms with Crippen molar-refractivity contribution in [3.8, 4) is 0 Å². The summed E-state index contributed by atoms with van der Waals surface area (Å²) in [7, 11) is 3.99. The molecule has 2 heteroatoms. The third-order valence-electron chi connectivity index (χ3n) is 0.964. The fourth-order valence-electron chi connectivity index (χ4n) is 0.232. The molecule has 0 saturated carbocycles.